The van der Waals surface area contributed by atoms with Crippen LogP contribution < -0.4 is 5.32 Å². The van der Waals surface area contributed by atoms with Gasteiger partial charge in [-0.3, -0.25) is 4.79 Å². The molecule has 158 valence electrons. The summed E-state index contributed by atoms with van der Waals surface area (Å²) in [6, 6.07) is 11.9. The van der Waals surface area contributed by atoms with Gasteiger partial charge in [-0.05, 0) is 24.5 Å². The number of amides is 1. The molecule has 8 heteroatoms. The van der Waals surface area contributed by atoms with Crippen molar-refractivity contribution in [3.05, 3.63) is 78.8 Å². The van der Waals surface area contributed by atoms with E-state index in [1.165, 1.54) is 0 Å². The molecular formula is C23H24N6O2. The van der Waals surface area contributed by atoms with Crippen LogP contribution >= 0.6 is 0 Å². The summed E-state index contributed by atoms with van der Waals surface area (Å²) in [4.78, 5) is 26.3. The number of aromatic nitrogens is 5. The second-order valence-electron chi connectivity index (χ2n) is 7.76. The van der Waals surface area contributed by atoms with Gasteiger partial charge in [0.05, 0.1) is 24.3 Å². The Morgan fingerprint density at radius 3 is 2.77 bits per heavy atom. The second-order valence-corrected chi connectivity index (χ2v) is 7.76. The molecule has 1 amide bonds. The lowest BCUT2D eigenvalue weighted by Gasteiger charge is -2.23. The molecule has 1 fully saturated rings. The number of rotatable bonds is 6. The summed E-state index contributed by atoms with van der Waals surface area (Å²) in [5, 5.41) is 3.14. The van der Waals surface area contributed by atoms with Crippen LogP contribution in [0.1, 0.15) is 40.8 Å². The molecule has 4 heterocycles. The minimum absolute atomic E-state index is 0.177. The van der Waals surface area contributed by atoms with Crippen molar-refractivity contribution in [2.45, 2.75) is 31.5 Å². The summed E-state index contributed by atoms with van der Waals surface area (Å²) in [5.41, 5.74) is 3.06. The van der Waals surface area contributed by atoms with Gasteiger partial charge in [0.25, 0.3) is 5.91 Å². The zero-order valence-corrected chi connectivity index (χ0v) is 17.1. The summed E-state index contributed by atoms with van der Waals surface area (Å²) in [5.74, 6) is -0.177. The molecule has 5 rings (SSSR count). The average molecular weight is 416 g/mol. The number of ether oxygens (including phenoxy) is 1. The fraction of sp³-hybridized carbons (Fsp3) is 0.304. The van der Waals surface area contributed by atoms with Crippen LogP contribution in [0.4, 0.5) is 0 Å². The van der Waals surface area contributed by atoms with Gasteiger partial charge in [0, 0.05) is 44.4 Å². The Morgan fingerprint density at radius 2 is 2.00 bits per heavy atom. The van der Waals surface area contributed by atoms with Crippen LogP contribution in [0.15, 0.2) is 67.6 Å². The molecule has 0 radical (unpaired) electrons. The van der Waals surface area contributed by atoms with Crippen LogP contribution in [0.2, 0.25) is 0 Å². The molecule has 4 aromatic rings. The minimum atomic E-state index is -0.196. The highest BCUT2D eigenvalue weighted by molar-refractivity contribution is 5.96. The van der Waals surface area contributed by atoms with Crippen molar-refractivity contribution in [1.82, 2.24) is 29.4 Å². The van der Waals surface area contributed by atoms with Crippen molar-refractivity contribution >= 4 is 17.1 Å². The monoisotopic (exact) mass is 416 g/mol. The van der Waals surface area contributed by atoms with E-state index in [1.54, 1.807) is 18.7 Å². The van der Waals surface area contributed by atoms with Crippen LogP contribution in [0, 0.1) is 0 Å². The summed E-state index contributed by atoms with van der Waals surface area (Å²) in [6.07, 6.45) is 10.7. The van der Waals surface area contributed by atoms with Gasteiger partial charge < -0.3 is 19.2 Å². The molecule has 0 bridgehead atoms. The fourth-order valence-corrected chi connectivity index (χ4v) is 4.04. The third-order valence-corrected chi connectivity index (χ3v) is 5.72. The van der Waals surface area contributed by atoms with E-state index in [4.69, 9.17) is 4.74 Å². The van der Waals surface area contributed by atoms with E-state index in [9.17, 15) is 4.79 Å². The van der Waals surface area contributed by atoms with E-state index in [1.807, 2.05) is 53.5 Å². The Balaban J connectivity index is 1.37. The van der Waals surface area contributed by atoms with Crippen LogP contribution in [0.5, 0.6) is 0 Å². The lowest BCUT2D eigenvalue weighted by atomic mass is 10.1. The SMILES string of the molecule is O=C(NC(Cn1ccnc1)c1ccccc1)c1cnc2c(c1)ncn2C1CCOCC1. The van der Waals surface area contributed by atoms with Crippen molar-refractivity contribution in [3.63, 3.8) is 0 Å². The standard InChI is InChI=1S/C23H24N6O2/c30-23(27-21(14-28-9-8-24-15-28)17-4-2-1-3-5-17)18-12-20-22(25-13-18)29(16-26-20)19-6-10-31-11-7-19/h1-5,8-9,12-13,15-16,19,21H,6-7,10-11,14H2,(H,27,30). The first-order valence-corrected chi connectivity index (χ1v) is 10.5. The van der Waals surface area contributed by atoms with E-state index < -0.39 is 0 Å². The van der Waals surface area contributed by atoms with Crippen LogP contribution in [-0.4, -0.2) is 43.2 Å². The molecule has 1 N–H and O–H groups in total. The predicted molar refractivity (Wildman–Crippen MR) is 115 cm³/mol. The van der Waals surface area contributed by atoms with Gasteiger partial charge in [-0.1, -0.05) is 30.3 Å². The third kappa shape index (κ3) is 4.20. The summed E-state index contributed by atoms with van der Waals surface area (Å²) in [7, 11) is 0. The first kappa shape index (κ1) is 19.4. The smallest absolute Gasteiger partial charge is 0.253 e. The number of fused-ring (bicyclic) bond motifs is 1. The summed E-state index contributed by atoms with van der Waals surface area (Å²) in [6.45, 7) is 2.09. The highest BCUT2D eigenvalue weighted by Gasteiger charge is 2.21. The lowest BCUT2D eigenvalue weighted by Crippen LogP contribution is -2.31. The second kappa shape index (κ2) is 8.69. The van der Waals surface area contributed by atoms with Gasteiger partial charge in [-0.15, -0.1) is 0 Å². The van der Waals surface area contributed by atoms with Crippen molar-refractivity contribution in [3.8, 4) is 0 Å². The van der Waals surface area contributed by atoms with Crippen LogP contribution in [0.25, 0.3) is 11.2 Å². The zero-order valence-electron chi connectivity index (χ0n) is 17.1. The van der Waals surface area contributed by atoms with Crippen molar-refractivity contribution in [1.29, 1.82) is 0 Å². The van der Waals surface area contributed by atoms with E-state index >= 15 is 0 Å². The fourth-order valence-electron chi connectivity index (χ4n) is 4.04. The van der Waals surface area contributed by atoms with E-state index in [0.29, 0.717) is 18.2 Å². The molecule has 8 nitrogen and oxygen atoms in total. The summed E-state index contributed by atoms with van der Waals surface area (Å²) < 4.78 is 9.51. The van der Waals surface area contributed by atoms with Gasteiger partial charge in [0.1, 0.15) is 5.52 Å². The lowest BCUT2D eigenvalue weighted by molar-refractivity contribution is 0.0704. The molecule has 1 atom stereocenters. The average Bonchev–Trinajstić information content (AvgIpc) is 3.49. The molecular weight excluding hydrogens is 392 g/mol. The van der Waals surface area contributed by atoms with Crippen molar-refractivity contribution in [2.24, 2.45) is 0 Å². The maximum absolute atomic E-state index is 13.1. The number of benzene rings is 1. The first-order valence-electron chi connectivity index (χ1n) is 10.5. The Kier molecular flexibility index (Phi) is 5.45. The van der Waals surface area contributed by atoms with Gasteiger partial charge in [-0.25, -0.2) is 15.0 Å². The maximum atomic E-state index is 13.1. The molecule has 0 spiro atoms. The molecule has 1 saturated heterocycles. The normalized spacial score (nSPS) is 15.7. The molecule has 1 unspecified atom stereocenters. The molecule has 3 aromatic heterocycles. The van der Waals surface area contributed by atoms with Crippen molar-refractivity contribution < 1.29 is 9.53 Å². The van der Waals surface area contributed by atoms with Crippen molar-refractivity contribution in [2.75, 3.05) is 13.2 Å². The van der Waals surface area contributed by atoms with E-state index in [-0.39, 0.29) is 11.9 Å². The van der Waals surface area contributed by atoms with E-state index in [0.717, 1.165) is 42.8 Å². The predicted octanol–water partition coefficient (Wildman–Crippen LogP) is 3.15. The Hall–Kier alpha value is -3.52. The molecule has 0 aliphatic carbocycles. The van der Waals surface area contributed by atoms with Crippen LogP contribution in [-0.2, 0) is 11.3 Å². The van der Waals surface area contributed by atoms with Gasteiger partial charge >= 0.3 is 0 Å². The highest BCUT2D eigenvalue weighted by Crippen LogP contribution is 2.25. The van der Waals surface area contributed by atoms with Crippen LogP contribution in [0.3, 0.4) is 0 Å². The number of pyridine rings is 1. The Bertz CT molecular complexity index is 1150. The van der Waals surface area contributed by atoms with Gasteiger partial charge in [-0.2, -0.15) is 0 Å². The topological polar surface area (TPSA) is 86.9 Å². The largest absolute Gasteiger partial charge is 0.381 e. The molecule has 1 aromatic carbocycles. The molecule has 31 heavy (non-hydrogen) atoms. The maximum Gasteiger partial charge on any atom is 0.253 e. The van der Waals surface area contributed by atoms with E-state index in [2.05, 4.69) is 24.8 Å². The quantitative estimate of drug-likeness (QED) is 0.522. The number of hydrogen-bond acceptors (Lipinski definition) is 5. The summed E-state index contributed by atoms with van der Waals surface area (Å²) >= 11 is 0. The Morgan fingerprint density at radius 1 is 1.16 bits per heavy atom. The van der Waals surface area contributed by atoms with Gasteiger partial charge in [0.15, 0.2) is 5.65 Å². The number of nitrogens with zero attached hydrogens (tertiary/aromatic N) is 5. The Labute approximate surface area is 179 Å². The number of nitrogens with one attached hydrogen (secondary N) is 1. The number of imidazole rings is 2. The number of carbonyl (C=O) groups is 1. The number of hydrogen-bond donors (Lipinski definition) is 1. The molecule has 1 aliphatic rings. The molecule has 1 aliphatic heterocycles. The van der Waals surface area contributed by atoms with Gasteiger partial charge in [0.2, 0.25) is 0 Å². The first-order chi connectivity index (χ1) is 15.3. The zero-order chi connectivity index (χ0) is 21.0. The molecule has 0 saturated carbocycles. The number of carbonyl (C=O) groups excluding carboxylic acids is 1. The third-order valence-electron chi connectivity index (χ3n) is 5.72. The minimum Gasteiger partial charge on any atom is -0.381 e. The highest BCUT2D eigenvalue weighted by atomic mass is 16.5.